The number of aromatic carboxylic acids is 1. The lowest BCUT2D eigenvalue weighted by atomic mass is 10.1. The molecule has 1 aromatic rings. The van der Waals surface area contributed by atoms with Crippen LogP contribution in [0.3, 0.4) is 0 Å². The Labute approximate surface area is 113 Å². The number of benzene rings is 1. The zero-order chi connectivity index (χ0) is 13.4. The number of carboxylic acids is 1. The zero-order valence-electron chi connectivity index (χ0n) is 11.2. The van der Waals surface area contributed by atoms with Gasteiger partial charge in [-0.3, -0.25) is 4.90 Å². The van der Waals surface area contributed by atoms with Crippen molar-refractivity contribution in [1.29, 1.82) is 0 Å². The summed E-state index contributed by atoms with van der Waals surface area (Å²) in [5.74, 6) is -0.0610. The molecule has 102 valence electrons. The van der Waals surface area contributed by atoms with Gasteiger partial charge in [0, 0.05) is 25.7 Å². The Morgan fingerprint density at radius 2 is 2.16 bits per heavy atom. The minimum absolute atomic E-state index is 0.438. The molecule has 0 amide bonds. The molecule has 2 atom stereocenters. The molecule has 4 nitrogen and oxygen atoms in total. The molecule has 1 N–H and O–H groups in total. The van der Waals surface area contributed by atoms with Crippen LogP contribution < -0.4 is 0 Å². The maximum atomic E-state index is 11.2. The fourth-order valence-electron chi connectivity index (χ4n) is 3.50. The van der Waals surface area contributed by atoms with Crippen LogP contribution in [0.25, 0.3) is 0 Å². The Hall–Kier alpha value is -1.39. The average Bonchev–Trinajstić information content (AvgIpc) is 2.92. The largest absolute Gasteiger partial charge is 0.478 e. The zero-order valence-corrected chi connectivity index (χ0v) is 11.2. The second kappa shape index (κ2) is 4.94. The summed E-state index contributed by atoms with van der Waals surface area (Å²) in [4.78, 5) is 16.1. The van der Waals surface area contributed by atoms with E-state index in [-0.39, 0.29) is 0 Å². The SMILES string of the molecule is CN1CC[C@H]2CN(Cc3ccccc3C(=O)O)C[C@H]21. The van der Waals surface area contributed by atoms with E-state index in [4.69, 9.17) is 0 Å². The van der Waals surface area contributed by atoms with Crippen molar-refractivity contribution in [2.75, 3.05) is 26.7 Å². The highest BCUT2D eigenvalue weighted by atomic mass is 16.4. The molecule has 0 aliphatic carbocycles. The third-order valence-electron chi connectivity index (χ3n) is 4.54. The summed E-state index contributed by atoms with van der Waals surface area (Å²) in [6, 6.07) is 8.00. The Bertz CT molecular complexity index is 489. The first-order chi connectivity index (χ1) is 9.15. The number of nitrogens with zero attached hydrogens (tertiary/aromatic N) is 2. The van der Waals surface area contributed by atoms with Crippen LogP contribution in [0.2, 0.25) is 0 Å². The minimum Gasteiger partial charge on any atom is -0.478 e. The van der Waals surface area contributed by atoms with Gasteiger partial charge in [0.05, 0.1) is 5.56 Å². The van der Waals surface area contributed by atoms with Crippen molar-refractivity contribution in [3.63, 3.8) is 0 Å². The first-order valence-corrected chi connectivity index (χ1v) is 6.89. The molecule has 4 heteroatoms. The van der Waals surface area contributed by atoms with Crippen molar-refractivity contribution in [2.45, 2.75) is 19.0 Å². The molecular weight excluding hydrogens is 240 g/mol. The van der Waals surface area contributed by atoms with E-state index in [2.05, 4.69) is 16.8 Å². The van der Waals surface area contributed by atoms with Gasteiger partial charge < -0.3 is 10.0 Å². The van der Waals surface area contributed by atoms with Crippen LogP contribution in [-0.2, 0) is 6.54 Å². The molecular formula is C15H20N2O2. The second-order valence-electron chi connectivity index (χ2n) is 5.75. The van der Waals surface area contributed by atoms with Gasteiger partial charge in [-0.2, -0.15) is 0 Å². The smallest absolute Gasteiger partial charge is 0.336 e. The lowest BCUT2D eigenvalue weighted by Gasteiger charge is -2.21. The summed E-state index contributed by atoms with van der Waals surface area (Å²) in [7, 11) is 2.19. The van der Waals surface area contributed by atoms with Gasteiger partial charge in [-0.25, -0.2) is 4.79 Å². The second-order valence-corrected chi connectivity index (χ2v) is 5.75. The predicted molar refractivity (Wildman–Crippen MR) is 73.2 cm³/mol. The normalized spacial score (nSPS) is 27.6. The van der Waals surface area contributed by atoms with Gasteiger partial charge in [0.1, 0.15) is 0 Å². The number of likely N-dealkylation sites (tertiary alicyclic amines) is 2. The Kier molecular flexibility index (Phi) is 3.29. The first kappa shape index (κ1) is 12.6. The van der Waals surface area contributed by atoms with Crippen molar-refractivity contribution in [3.05, 3.63) is 35.4 Å². The standard InChI is InChI=1S/C15H20N2O2/c1-16-7-6-12-9-17(10-14(12)16)8-11-4-2-3-5-13(11)15(18)19/h2-5,12,14H,6-10H2,1H3,(H,18,19)/t12-,14+/m0/s1. The number of rotatable bonds is 3. The van der Waals surface area contributed by atoms with E-state index in [0.717, 1.165) is 31.1 Å². The Morgan fingerprint density at radius 3 is 2.89 bits per heavy atom. The highest BCUT2D eigenvalue weighted by Crippen LogP contribution is 2.31. The molecule has 19 heavy (non-hydrogen) atoms. The molecule has 0 radical (unpaired) electrons. The van der Waals surface area contributed by atoms with Crippen LogP contribution in [0, 0.1) is 5.92 Å². The number of likely N-dealkylation sites (N-methyl/N-ethyl adjacent to an activating group) is 1. The van der Waals surface area contributed by atoms with Gasteiger partial charge in [0.15, 0.2) is 0 Å². The predicted octanol–water partition coefficient (Wildman–Crippen LogP) is 1.52. The first-order valence-electron chi connectivity index (χ1n) is 6.89. The molecule has 0 saturated carbocycles. The van der Waals surface area contributed by atoms with E-state index in [1.807, 2.05) is 12.1 Å². The maximum absolute atomic E-state index is 11.2. The van der Waals surface area contributed by atoms with Crippen LogP contribution in [0.4, 0.5) is 0 Å². The van der Waals surface area contributed by atoms with Crippen molar-refractivity contribution in [2.24, 2.45) is 5.92 Å². The molecule has 2 aliphatic heterocycles. The highest BCUT2D eigenvalue weighted by molar-refractivity contribution is 5.89. The number of hydrogen-bond donors (Lipinski definition) is 1. The number of carbonyl (C=O) groups is 1. The molecule has 0 spiro atoms. The molecule has 1 aromatic carbocycles. The summed E-state index contributed by atoms with van der Waals surface area (Å²) in [5, 5.41) is 9.22. The maximum Gasteiger partial charge on any atom is 0.336 e. The lowest BCUT2D eigenvalue weighted by Crippen LogP contribution is -2.32. The summed E-state index contributed by atoms with van der Waals surface area (Å²) in [6.07, 6.45) is 1.28. The monoisotopic (exact) mass is 260 g/mol. The summed E-state index contributed by atoms with van der Waals surface area (Å²) in [5.41, 5.74) is 1.37. The average molecular weight is 260 g/mol. The fraction of sp³-hybridized carbons (Fsp3) is 0.533. The highest BCUT2D eigenvalue weighted by Gasteiger charge is 2.39. The quantitative estimate of drug-likeness (QED) is 0.895. The van der Waals surface area contributed by atoms with Gasteiger partial charge in [0.25, 0.3) is 0 Å². The molecule has 0 unspecified atom stereocenters. The van der Waals surface area contributed by atoms with Crippen molar-refractivity contribution >= 4 is 5.97 Å². The van der Waals surface area contributed by atoms with Crippen LogP contribution in [0.5, 0.6) is 0 Å². The Balaban J connectivity index is 1.72. The van der Waals surface area contributed by atoms with Crippen LogP contribution in [0.1, 0.15) is 22.3 Å². The van der Waals surface area contributed by atoms with Gasteiger partial charge in [-0.1, -0.05) is 18.2 Å². The van der Waals surface area contributed by atoms with Crippen LogP contribution in [-0.4, -0.2) is 53.6 Å². The van der Waals surface area contributed by atoms with E-state index in [1.54, 1.807) is 12.1 Å². The van der Waals surface area contributed by atoms with Crippen molar-refractivity contribution < 1.29 is 9.90 Å². The molecule has 0 aromatic heterocycles. The van der Waals surface area contributed by atoms with E-state index < -0.39 is 5.97 Å². The van der Waals surface area contributed by atoms with E-state index in [0.29, 0.717) is 11.6 Å². The minimum atomic E-state index is -0.827. The van der Waals surface area contributed by atoms with E-state index in [9.17, 15) is 9.90 Å². The van der Waals surface area contributed by atoms with E-state index in [1.165, 1.54) is 13.0 Å². The van der Waals surface area contributed by atoms with E-state index >= 15 is 0 Å². The Morgan fingerprint density at radius 1 is 1.37 bits per heavy atom. The lowest BCUT2D eigenvalue weighted by molar-refractivity contribution is 0.0694. The number of carboxylic acid groups (broad SMARTS) is 1. The topological polar surface area (TPSA) is 43.8 Å². The van der Waals surface area contributed by atoms with Gasteiger partial charge >= 0.3 is 5.97 Å². The summed E-state index contributed by atoms with van der Waals surface area (Å²) < 4.78 is 0. The molecule has 2 fully saturated rings. The van der Waals surface area contributed by atoms with Crippen LogP contribution >= 0.6 is 0 Å². The fourth-order valence-corrected chi connectivity index (χ4v) is 3.50. The van der Waals surface area contributed by atoms with Crippen LogP contribution in [0.15, 0.2) is 24.3 Å². The molecule has 2 aliphatic rings. The molecule has 3 rings (SSSR count). The molecule has 0 bridgehead atoms. The third-order valence-corrected chi connectivity index (χ3v) is 4.54. The summed E-state index contributed by atoms with van der Waals surface area (Å²) in [6.45, 7) is 4.12. The third kappa shape index (κ3) is 2.38. The van der Waals surface area contributed by atoms with Gasteiger partial charge in [-0.15, -0.1) is 0 Å². The summed E-state index contributed by atoms with van der Waals surface area (Å²) >= 11 is 0. The van der Waals surface area contributed by atoms with Crippen molar-refractivity contribution in [3.8, 4) is 0 Å². The van der Waals surface area contributed by atoms with Gasteiger partial charge in [0.2, 0.25) is 0 Å². The number of fused-ring (bicyclic) bond motifs is 1. The van der Waals surface area contributed by atoms with Gasteiger partial charge in [-0.05, 0) is 37.6 Å². The number of hydrogen-bond acceptors (Lipinski definition) is 3. The molecule has 2 saturated heterocycles. The molecule has 2 heterocycles. The van der Waals surface area contributed by atoms with Crippen molar-refractivity contribution in [1.82, 2.24) is 9.80 Å².